The lowest BCUT2D eigenvalue weighted by Crippen LogP contribution is -2.20. The van der Waals surface area contributed by atoms with Gasteiger partial charge in [-0.1, -0.05) is 38.3 Å². The summed E-state index contributed by atoms with van der Waals surface area (Å²) in [4.78, 5) is 0. The number of hydrogen-bond donors (Lipinski definition) is 0. The Kier molecular flexibility index (Phi) is 3.16. The first kappa shape index (κ1) is 8.83. The van der Waals surface area contributed by atoms with Crippen LogP contribution in [0.25, 0.3) is 0 Å². The van der Waals surface area contributed by atoms with E-state index in [4.69, 9.17) is 0 Å². The Hall–Kier alpha value is -0.260. The minimum atomic E-state index is 0.590. The highest BCUT2D eigenvalue weighted by Crippen LogP contribution is 2.40. The monoisotopic (exact) mass is 152 g/mol. The molecule has 1 rings (SSSR count). The Morgan fingerprint density at radius 3 is 2.27 bits per heavy atom. The summed E-state index contributed by atoms with van der Waals surface area (Å²) in [5.74, 6) is 0. The maximum absolute atomic E-state index is 2.44. The van der Waals surface area contributed by atoms with Gasteiger partial charge < -0.3 is 0 Å². The highest BCUT2D eigenvalue weighted by atomic mass is 14.3. The summed E-state index contributed by atoms with van der Waals surface area (Å²) in [5, 5.41) is 0. The molecule has 1 saturated carbocycles. The Bertz CT molecular complexity index is 127. The summed E-state index contributed by atoms with van der Waals surface area (Å²) in [6, 6.07) is 0. The molecule has 0 aromatic heterocycles. The first-order valence-electron chi connectivity index (χ1n) is 4.97. The molecule has 1 aliphatic carbocycles. The lowest BCUT2D eigenvalue weighted by Gasteiger charge is -2.33. The zero-order valence-corrected chi connectivity index (χ0v) is 7.90. The molecule has 0 aromatic carbocycles. The summed E-state index contributed by atoms with van der Waals surface area (Å²) >= 11 is 0. The van der Waals surface area contributed by atoms with Gasteiger partial charge in [0.2, 0.25) is 0 Å². The van der Waals surface area contributed by atoms with Crippen molar-refractivity contribution in [2.45, 2.75) is 52.4 Å². The molecule has 0 aromatic rings. The number of rotatable bonds is 2. The van der Waals surface area contributed by atoms with E-state index in [1.165, 1.54) is 38.5 Å². The highest BCUT2D eigenvalue weighted by Gasteiger charge is 2.26. The molecule has 0 spiro atoms. The molecule has 1 fully saturated rings. The molecule has 0 amide bonds. The van der Waals surface area contributed by atoms with Crippen LogP contribution in [-0.4, -0.2) is 0 Å². The van der Waals surface area contributed by atoms with Gasteiger partial charge in [0, 0.05) is 0 Å². The van der Waals surface area contributed by atoms with E-state index in [1.54, 1.807) is 0 Å². The fourth-order valence-corrected chi connectivity index (χ4v) is 2.25. The summed E-state index contributed by atoms with van der Waals surface area (Å²) in [5.41, 5.74) is 0.590. The van der Waals surface area contributed by atoms with Crippen LogP contribution >= 0.6 is 0 Å². The van der Waals surface area contributed by atoms with E-state index in [-0.39, 0.29) is 0 Å². The smallest absolute Gasteiger partial charge is 0.0121 e. The zero-order valence-electron chi connectivity index (χ0n) is 7.90. The molecule has 0 heterocycles. The normalized spacial score (nSPS) is 24.2. The molecule has 0 nitrogen and oxygen atoms in total. The van der Waals surface area contributed by atoms with Crippen molar-refractivity contribution in [3.05, 3.63) is 12.2 Å². The average molecular weight is 152 g/mol. The Balaban J connectivity index is 2.56. The van der Waals surface area contributed by atoms with Crippen molar-refractivity contribution < 1.29 is 0 Å². The maximum Gasteiger partial charge on any atom is -0.0121 e. The molecule has 0 aliphatic heterocycles. The number of hydrogen-bond acceptors (Lipinski definition) is 0. The summed E-state index contributed by atoms with van der Waals surface area (Å²) in [6.45, 7) is 4.47. The fourth-order valence-electron chi connectivity index (χ4n) is 2.25. The first-order valence-corrected chi connectivity index (χ1v) is 4.97. The Morgan fingerprint density at radius 1 is 1.18 bits per heavy atom. The maximum atomic E-state index is 2.44. The minimum absolute atomic E-state index is 0.590. The summed E-state index contributed by atoms with van der Waals surface area (Å²) in [6.07, 6.45) is 13.2. The van der Waals surface area contributed by atoms with Crippen molar-refractivity contribution in [1.82, 2.24) is 0 Å². The van der Waals surface area contributed by atoms with E-state index in [2.05, 4.69) is 26.0 Å². The molecule has 0 heteroatoms. The SMILES string of the molecule is C/C=C/C1(CC)CCCCC1. The lowest BCUT2D eigenvalue weighted by molar-refractivity contribution is 0.248. The molecule has 0 bridgehead atoms. The van der Waals surface area contributed by atoms with Gasteiger partial charge >= 0.3 is 0 Å². The van der Waals surface area contributed by atoms with Crippen LogP contribution in [0.3, 0.4) is 0 Å². The van der Waals surface area contributed by atoms with Gasteiger partial charge in [0.1, 0.15) is 0 Å². The predicted octanol–water partition coefficient (Wildman–Crippen LogP) is 3.92. The second-order valence-electron chi connectivity index (χ2n) is 3.78. The predicted molar refractivity (Wildman–Crippen MR) is 50.6 cm³/mol. The van der Waals surface area contributed by atoms with E-state index in [0.29, 0.717) is 5.41 Å². The Labute approximate surface area is 70.7 Å². The van der Waals surface area contributed by atoms with Crippen molar-refractivity contribution in [2.75, 3.05) is 0 Å². The van der Waals surface area contributed by atoms with Crippen LogP contribution in [0.2, 0.25) is 0 Å². The molecule has 0 saturated heterocycles. The molecule has 0 N–H and O–H groups in total. The molecule has 1 aliphatic rings. The molecular formula is C11H20. The summed E-state index contributed by atoms with van der Waals surface area (Å²) < 4.78 is 0. The molecule has 11 heavy (non-hydrogen) atoms. The standard InChI is InChI=1S/C11H20/c1-3-8-11(4-2)9-6-5-7-10-11/h3,8H,4-7,9-10H2,1-2H3/b8-3+. The molecule has 64 valence electrons. The van der Waals surface area contributed by atoms with Crippen LogP contribution in [0.4, 0.5) is 0 Å². The van der Waals surface area contributed by atoms with Crippen LogP contribution in [0.15, 0.2) is 12.2 Å². The first-order chi connectivity index (χ1) is 5.33. The van der Waals surface area contributed by atoms with Crippen molar-refractivity contribution in [1.29, 1.82) is 0 Å². The molecule has 0 unspecified atom stereocenters. The third-order valence-corrected chi connectivity index (χ3v) is 3.07. The van der Waals surface area contributed by atoms with Crippen molar-refractivity contribution >= 4 is 0 Å². The van der Waals surface area contributed by atoms with Gasteiger partial charge in [-0.05, 0) is 31.6 Å². The third kappa shape index (κ3) is 2.08. The van der Waals surface area contributed by atoms with Crippen LogP contribution < -0.4 is 0 Å². The van der Waals surface area contributed by atoms with Gasteiger partial charge in [-0.3, -0.25) is 0 Å². The molecule has 0 atom stereocenters. The largest absolute Gasteiger partial charge is 0.0911 e. The summed E-state index contributed by atoms with van der Waals surface area (Å²) in [7, 11) is 0. The van der Waals surface area contributed by atoms with Gasteiger partial charge in [0.15, 0.2) is 0 Å². The third-order valence-electron chi connectivity index (χ3n) is 3.07. The fraction of sp³-hybridized carbons (Fsp3) is 0.818. The van der Waals surface area contributed by atoms with Crippen LogP contribution in [0.5, 0.6) is 0 Å². The van der Waals surface area contributed by atoms with Gasteiger partial charge in [-0.2, -0.15) is 0 Å². The second-order valence-corrected chi connectivity index (χ2v) is 3.78. The second kappa shape index (κ2) is 3.94. The van der Waals surface area contributed by atoms with Crippen molar-refractivity contribution in [2.24, 2.45) is 5.41 Å². The topological polar surface area (TPSA) is 0 Å². The Morgan fingerprint density at radius 2 is 1.82 bits per heavy atom. The van der Waals surface area contributed by atoms with Crippen LogP contribution in [-0.2, 0) is 0 Å². The van der Waals surface area contributed by atoms with Gasteiger partial charge in [-0.25, -0.2) is 0 Å². The van der Waals surface area contributed by atoms with E-state index in [9.17, 15) is 0 Å². The van der Waals surface area contributed by atoms with Crippen molar-refractivity contribution in [3.63, 3.8) is 0 Å². The van der Waals surface area contributed by atoms with Gasteiger partial charge in [-0.15, -0.1) is 0 Å². The number of allylic oxidation sites excluding steroid dienone is 2. The van der Waals surface area contributed by atoms with Crippen molar-refractivity contribution in [3.8, 4) is 0 Å². The molecule has 0 radical (unpaired) electrons. The lowest BCUT2D eigenvalue weighted by atomic mass is 9.72. The quantitative estimate of drug-likeness (QED) is 0.526. The molecular weight excluding hydrogens is 132 g/mol. The minimum Gasteiger partial charge on any atom is -0.0911 e. The van der Waals surface area contributed by atoms with E-state index < -0.39 is 0 Å². The van der Waals surface area contributed by atoms with E-state index >= 15 is 0 Å². The highest BCUT2D eigenvalue weighted by molar-refractivity contribution is 4.99. The van der Waals surface area contributed by atoms with Gasteiger partial charge in [0.25, 0.3) is 0 Å². The van der Waals surface area contributed by atoms with E-state index in [0.717, 1.165) is 0 Å². The zero-order chi connectivity index (χ0) is 8.16. The van der Waals surface area contributed by atoms with Gasteiger partial charge in [0.05, 0.1) is 0 Å². The van der Waals surface area contributed by atoms with Crippen LogP contribution in [0.1, 0.15) is 52.4 Å². The average Bonchev–Trinajstić information content (AvgIpc) is 2.07. The van der Waals surface area contributed by atoms with E-state index in [1.807, 2.05) is 0 Å². The van der Waals surface area contributed by atoms with Crippen LogP contribution in [0, 0.1) is 5.41 Å².